The molecule has 218 valence electrons. The summed E-state index contributed by atoms with van der Waals surface area (Å²) in [7, 11) is -4.03. The standard InChI is InChI=1S/C26H31ClF3N5O4S/c27-18-5-1-2-6-21(18)40(38,39)17-13-20(23(36)32-25(15-31)9-10-25)35(14-17)24(37)19-8-12-34(19)22-7-3-4-11-33(22)16-26(28,29)30/h1-2,5-6,17,19-20,22H,3-4,7-14,16H2,(H,32,36)/t17-,19?,20+,22?/m1/s1. The van der Waals surface area contributed by atoms with Crippen molar-refractivity contribution >= 4 is 33.3 Å². The molecule has 9 nitrogen and oxygen atoms in total. The van der Waals surface area contributed by atoms with E-state index in [4.69, 9.17) is 11.6 Å². The second-order valence-electron chi connectivity index (χ2n) is 11.1. The topological polar surface area (TPSA) is 114 Å². The average Bonchev–Trinajstić information content (AvgIpc) is 3.48. The molecule has 2 unspecified atom stereocenters. The van der Waals surface area contributed by atoms with E-state index in [1.807, 2.05) is 0 Å². The minimum atomic E-state index is -4.38. The highest BCUT2D eigenvalue weighted by atomic mass is 35.5. The molecule has 3 saturated heterocycles. The lowest BCUT2D eigenvalue weighted by atomic mass is 9.96. The van der Waals surface area contributed by atoms with Gasteiger partial charge in [-0.25, -0.2) is 8.42 Å². The summed E-state index contributed by atoms with van der Waals surface area (Å²) in [6, 6.07) is 6.12. The molecule has 0 spiro atoms. The van der Waals surface area contributed by atoms with Gasteiger partial charge >= 0.3 is 6.18 Å². The first-order valence-corrected chi connectivity index (χ1v) is 15.4. The fourth-order valence-corrected chi connectivity index (χ4v) is 8.28. The lowest BCUT2D eigenvalue weighted by Gasteiger charge is -2.51. The Hall–Kier alpha value is -2.40. The second kappa shape index (κ2) is 10.8. The number of hydrogen-bond acceptors (Lipinski definition) is 7. The van der Waals surface area contributed by atoms with E-state index in [1.165, 1.54) is 28.0 Å². The van der Waals surface area contributed by atoms with Crippen molar-refractivity contribution in [2.45, 2.75) is 85.1 Å². The van der Waals surface area contributed by atoms with E-state index in [0.29, 0.717) is 38.6 Å². The molecule has 4 fully saturated rings. The van der Waals surface area contributed by atoms with Gasteiger partial charge in [0.2, 0.25) is 11.8 Å². The van der Waals surface area contributed by atoms with Crippen molar-refractivity contribution in [3.8, 4) is 6.07 Å². The smallest absolute Gasteiger partial charge is 0.336 e. The van der Waals surface area contributed by atoms with Crippen molar-refractivity contribution in [2.24, 2.45) is 0 Å². The lowest BCUT2D eigenvalue weighted by Crippen LogP contribution is -2.66. The zero-order valence-electron chi connectivity index (χ0n) is 21.7. The van der Waals surface area contributed by atoms with Gasteiger partial charge < -0.3 is 10.2 Å². The number of carbonyl (C=O) groups is 2. The summed E-state index contributed by atoms with van der Waals surface area (Å²) in [5.74, 6) is -1.09. The van der Waals surface area contributed by atoms with Crippen molar-refractivity contribution < 1.29 is 31.2 Å². The zero-order chi connectivity index (χ0) is 28.9. The number of rotatable bonds is 7. The number of nitrogens with zero attached hydrogens (tertiary/aromatic N) is 4. The summed E-state index contributed by atoms with van der Waals surface area (Å²) < 4.78 is 66.9. The first-order valence-electron chi connectivity index (χ1n) is 13.4. The summed E-state index contributed by atoms with van der Waals surface area (Å²) in [5, 5.41) is 11.1. The van der Waals surface area contributed by atoms with Crippen molar-refractivity contribution in [2.75, 3.05) is 26.2 Å². The minimum Gasteiger partial charge on any atom is -0.336 e. The molecule has 14 heteroatoms. The van der Waals surface area contributed by atoms with Gasteiger partial charge in [0.15, 0.2) is 9.84 Å². The molecule has 1 aromatic rings. The first kappa shape index (κ1) is 29.1. The molecule has 4 aliphatic rings. The summed E-state index contributed by atoms with van der Waals surface area (Å²) >= 11 is 6.18. The summed E-state index contributed by atoms with van der Waals surface area (Å²) in [6.45, 7) is -0.632. The number of benzene rings is 1. The number of nitrogens with one attached hydrogen (secondary N) is 1. The third-order valence-corrected chi connectivity index (χ3v) is 11.1. The number of likely N-dealkylation sites (tertiary alicyclic amines) is 3. The van der Waals surface area contributed by atoms with E-state index in [1.54, 1.807) is 11.0 Å². The van der Waals surface area contributed by atoms with Crippen LogP contribution < -0.4 is 5.32 Å². The molecule has 3 aliphatic heterocycles. The van der Waals surface area contributed by atoms with Crippen LogP contribution in [-0.2, 0) is 19.4 Å². The van der Waals surface area contributed by atoms with Gasteiger partial charge in [-0.2, -0.15) is 18.4 Å². The molecule has 4 atom stereocenters. The Labute approximate surface area is 236 Å². The van der Waals surface area contributed by atoms with Gasteiger partial charge in [-0.1, -0.05) is 23.7 Å². The van der Waals surface area contributed by atoms with Gasteiger partial charge in [-0.3, -0.25) is 19.4 Å². The fraction of sp³-hybridized carbons (Fsp3) is 0.654. The fourth-order valence-electron chi connectivity index (χ4n) is 6.06. The molecule has 40 heavy (non-hydrogen) atoms. The molecule has 5 rings (SSSR count). The Bertz CT molecular complexity index is 1320. The quantitative estimate of drug-likeness (QED) is 0.511. The predicted octanol–water partition coefficient (Wildman–Crippen LogP) is 2.70. The van der Waals surface area contributed by atoms with Gasteiger partial charge in [0.25, 0.3) is 0 Å². The van der Waals surface area contributed by atoms with E-state index in [9.17, 15) is 36.4 Å². The molecular weight excluding hydrogens is 571 g/mol. The molecule has 1 N–H and O–H groups in total. The maximum absolute atomic E-state index is 13.9. The van der Waals surface area contributed by atoms with E-state index in [2.05, 4.69) is 11.4 Å². The molecular formula is C26H31ClF3N5O4S. The van der Waals surface area contributed by atoms with Gasteiger partial charge in [0.1, 0.15) is 11.6 Å². The SMILES string of the molecule is N#CC1(NC(=O)[C@@H]2C[C@@H](S(=O)(=O)c3ccccc3Cl)CN2C(=O)C2CCN2C2CCCCN2CC(F)(F)F)CC1. The molecule has 1 aromatic carbocycles. The van der Waals surface area contributed by atoms with Crippen LogP contribution >= 0.6 is 11.6 Å². The van der Waals surface area contributed by atoms with Crippen LogP contribution in [0.3, 0.4) is 0 Å². The van der Waals surface area contributed by atoms with Crippen LogP contribution in [-0.4, -0.2) is 96.3 Å². The van der Waals surface area contributed by atoms with Crippen molar-refractivity contribution in [1.29, 1.82) is 5.26 Å². The number of sulfone groups is 1. The highest BCUT2D eigenvalue weighted by Gasteiger charge is 2.53. The number of nitriles is 1. The molecule has 1 aliphatic carbocycles. The van der Waals surface area contributed by atoms with Gasteiger partial charge in [0.05, 0.1) is 40.0 Å². The van der Waals surface area contributed by atoms with Gasteiger partial charge in [0, 0.05) is 13.1 Å². The zero-order valence-corrected chi connectivity index (χ0v) is 23.3. The molecule has 1 saturated carbocycles. The van der Waals surface area contributed by atoms with E-state index in [-0.39, 0.29) is 29.4 Å². The third kappa shape index (κ3) is 5.68. The maximum Gasteiger partial charge on any atom is 0.401 e. The van der Waals surface area contributed by atoms with Crippen LogP contribution in [0.2, 0.25) is 5.02 Å². The van der Waals surface area contributed by atoms with Crippen LogP contribution in [0.15, 0.2) is 29.2 Å². The monoisotopic (exact) mass is 601 g/mol. The highest BCUT2D eigenvalue weighted by Crippen LogP contribution is 2.38. The minimum absolute atomic E-state index is 0.0296. The number of piperidine rings is 1. The Morgan fingerprint density at radius 2 is 1.85 bits per heavy atom. The number of hydrogen-bond donors (Lipinski definition) is 1. The van der Waals surface area contributed by atoms with E-state index in [0.717, 1.165) is 6.42 Å². The average molecular weight is 602 g/mol. The summed E-state index contributed by atoms with van der Waals surface area (Å²) in [4.78, 5) is 31.5. The largest absolute Gasteiger partial charge is 0.401 e. The van der Waals surface area contributed by atoms with Crippen molar-refractivity contribution in [1.82, 2.24) is 20.0 Å². The molecule has 0 aromatic heterocycles. The number of halogens is 4. The van der Waals surface area contributed by atoms with Crippen molar-refractivity contribution in [3.05, 3.63) is 29.3 Å². The third-order valence-electron chi connectivity index (χ3n) is 8.45. The Morgan fingerprint density at radius 3 is 2.45 bits per heavy atom. The van der Waals surface area contributed by atoms with Crippen LogP contribution in [0.5, 0.6) is 0 Å². The van der Waals surface area contributed by atoms with Gasteiger partial charge in [-0.05, 0) is 63.6 Å². The number of alkyl halides is 3. The van der Waals surface area contributed by atoms with Crippen LogP contribution in [0, 0.1) is 11.3 Å². The van der Waals surface area contributed by atoms with E-state index >= 15 is 0 Å². The normalized spacial score (nSPS) is 28.9. The number of carbonyl (C=O) groups excluding carboxylic acids is 2. The second-order valence-corrected chi connectivity index (χ2v) is 13.7. The molecule has 2 amide bonds. The summed E-state index contributed by atoms with van der Waals surface area (Å²) in [5.41, 5.74) is -1.02. The highest BCUT2D eigenvalue weighted by molar-refractivity contribution is 7.92. The molecule has 0 bridgehead atoms. The van der Waals surface area contributed by atoms with Crippen LogP contribution in [0.25, 0.3) is 0 Å². The van der Waals surface area contributed by atoms with Gasteiger partial charge in [-0.15, -0.1) is 0 Å². The first-order chi connectivity index (χ1) is 18.8. The van der Waals surface area contributed by atoms with Crippen molar-refractivity contribution in [3.63, 3.8) is 0 Å². The van der Waals surface area contributed by atoms with Crippen LogP contribution in [0.1, 0.15) is 44.9 Å². The Kier molecular flexibility index (Phi) is 7.84. The van der Waals surface area contributed by atoms with E-state index < -0.39 is 63.4 Å². The Balaban J connectivity index is 1.39. The number of amides is 2. The van der Waals surface area contributed by atoms with Crippen LogP contribution in [0.4, 0.5) is 13.2 Å². The molecule has 3 heterocycles. The lowest BCUT2D eigenvalue weighted by molar-refractivity contribution is -0.176. The summed E-state index contributed by atoms with van der Waals surface area (Å²) in [6.07, 6.45) is -1.95. The molecule has 0 radical (unpaired) electrons. The maximum atomic E-state index is 13.9. The predicted molar refractivity (Wildman–Crippen MR) is 139 cm³/mol. The Morgan fingerprint density at radius 1 is 1.12 bits per heavy atom.